The van der Waals surface area contributed by atoms with Crippen LogP contribution in [0, 0.1) is 0 Å². The molecular formula is C32H38ClN5O6. The van der Waals surface area contributed by atoms with Crippen molar-refractivity contribution in [2.45, 2.75) is 63.7 Å². The van der Waals surface area contributed by atoms with Gasteiger partial charge in [-0.3, -0.25) is 9.78 Å². The van der Waals surface area contributed by atoms with Crippen molar-refractivity contribution in [1.29, 1.82) is 0 Å². The molecule has 0 spiro atoms. The lowest BCUT2D eigenvalue weighted by atomic mass is 9.91. The molecule has 4 heterocycles. The number of carbonyl (C=O) groups excluding carboxylic acids is 2. The van der Waals surface area contributed by atoms with E-state index in [1.54, 1.807) is 30.5 Å². The fourth-order valence-corrected chi connectivity index (χ4v) is 6.48. The van der Waals surface area contributed by atoms with Crippen molar-refractivity contribution in [3.05, 3.63) is 52.9 Å². The number of fused-ring (bicyclic) bond motifs is 3. The van der Waals surface area contributed by atoms with Gasteiger partial charge in [0.15, 0.2) is 5.75 Å². The Morgan fingerprint density at radius 2 is 2.09 bits per heavy atom. The predicted molar refractivity (Wildman–Crippen MR) is 166 cm³/mol. The van der Waals surface area contributed by atoms with Crippen LogP contribution >= 0.6 is 11.6 Å². The summed E-state index contributed by atoms with van der Waals surface area (Å²) >= 11 is 6.45. The number of morpholine rings is 1. The normalized spacial score (nSPS) is 21.2. The number of aromatic nitrogens is 2. The Labute approximate surface area is 261 Å². The van der Waals surface area contributed by atoms with Crippen LogP contribution in [0.3, 0.4) is 0 Å². The zero-order chi connectivity index (χ0) is 31.0. The molecule has 6 rings (SSSR count). The maximum Gasteiger partial charge on any atom is 0.410 e. The average molecular weight is 624 g/mol. The first-order valence-electron chi connectivity index (χ1n) is 15.0. The third-order valence-corrected chi connectivity index (χ3v) is 8.46. The van der Waals surface area contributed by atoms with Crippen LogP contribution in [0.5, 0.6) is 11.5 Å². The van der Waals surface area contributed by atoms with E-state index in [2.05, 4.69) is 20.6 Å². The van der Waals surface area contributed by atoms with Gasteiger partial charge in [0.2, 0.25) is 0 Å². The Hall–Kier alpha value is -3.96. The first-order chi connectivity index (χ1) is 21.1. The lowest BCUT2D eigenvalue weighted by molar-refractivity contribution is -0.0556. The van der Waals surface area contributed by atoms with E-state index in [4.69, 9.17) is 30.5 Å². The summed E-state index contributed by atoms with van der Waals surface area (Å²) in [6.45, 7) is 6.89. The average Bonchev–Trinajstić information content (AvgIpc) is 3.61. The second-order valence-corrected chi connectivity index (χ2v) is 12.7. The lowest BCUT2D eigenvalue weighted by Crippen LogP contribution is -2.49. The number of methoxy groups -OCH3 is 1. The van der Waals surface area contributed by atoms with Crippen LogP contribution in [-0.2, 0) is 9.47 Å². The summed E-state index contributed by atoms with van der Waals surface area (Å²) in [5, 5.41) is 7.12. The van der Waals surface area contributed by atoms with E-state index in [0.717, 1.165) is 30.5 Å². The Kier molecular flexibility index (Phi) is 8.34. The molecule has 234 valence electrons. The molecule has 2 fully saturated rings. The Balaban J connectivity index is 1.32. The summed E-state index contributed by atoms with van der Waals surface area (Å²) in [7, 11) is 1.56. The quantitative estimate of drug-likeness (QED) is 0.298. The zero-order valence-corrected chi connectivity index (χ0v) is 26.1. The number of ether oxygens (including phenoxy) is 4. The molecule has 3 N–H and O–H groups in total. The molecule has 1 aromatic carbocycles. The smallest absolute Gasteiger partial charge is 0.410 e. The monoisotopic (exact) mass is 623 g/mol. The second-order valence-electron chi connectivity index (χ2n) is 12.3. The highest BCUT2D eigenvalue weighted by Gasteiger charge is 2.41. The molecule has 3 aliphatic rings. The van der Waals surface area contributed by atoms with E-state index in [9.17, 15) is 9.59 Å². The summed E-state index contributed by atoms with van der Waals surface area (Å²) < 4.78 is 23.4. The van der Waals surface area contributed by atoms with Gasteiger partial charge in [0.1, 0.15) is 24.1 Å². The molecule has 3 atom stereocenters. The number of H-pyrrole nitrogens is 1. The van der Waals surface area contributed by atoms with E-state index >= 15 is 0 Å². The van der Waals surface area contributed by atoms with Crippen LogP contribution in [0.4, 0.5) is 16.2 Å². The van der Waals surface area contributed by atoms with Gasteiger partial charge in [0.05, 0.1) is 54.1 Å². The number of amides is 2. The topological polar surface area (TPSA) is 127 Å². The largest absolute Gasteiger partial charge is 0.493 e. The fourth-order valence-electron chi connectivity index (χ4n) is 6.23. The van der Waals surface area contributed by atoms with Crippen LogP contribution in [0.25, 0.3) is 11.3 Å². The molecule has 44 heavy (non-hydrogen) atoms. The number of carbonyl (C=O) groups is 2. The van der Waals surface area contributed by atoms with Crippen molar-refractivity contribution in [3.8, 4) is 22.8 Å². The Bertz CT molecular complexity index is 1550. The van der Waals surface area contributed by atoms with Crippen molar-refractivity contribution in [2.24, 2.45) is 0 Å². The highest BCUT2D eigenvalue weighted by molar-refractivity contribution is 6.32. The number of rotatable bonds is 7. The molecule has 0 radical (unpaired) electrons. The van der Waals surface area contributed by atoms with Gasteiger partial charge in [-0.15, -0.1) is 0 Å². The van der Waals surface area contributed by atoms with E-state index in [1.807, 2.05) is 39.0 Å². The minimum Gasteiger partial charge on any atom is -0.493 e. The molecule has 2 amide bonds. The van der Waals surface area contributed by atoms with Gasteiger partial charge < -0.3 is 39.5 Å². The highest BCUT2D eigenvalue weighted by atomic mass is 35.5. The van der Waals surface area contributed by atoms with Crippen molar-refractivity contribution in [3.63, 3.8) is 0 Å². The molecule has 1 saturated heterocycles. The zero-order valence-electron chi connectivity index (χ0n) is 25.4. The summed E-state index contributed by atoms with van der Waals surface area (Å²) in [4.78, 5) is 35.8. The number of pyridine rings is 1. The molecular weight excluding hydrogens is 586 g/mol. The highest BCUT2D eigenvalue weighted by Crippen LogP contribution is 2.48. The van der Waals surface area contributed by atoms with Crippen LogP contribution in [-0.4, -0.2) is 78.0 Å². The lowest BCUT2D eigenvalue weighted by Gasteiger charge is -2.34. The Morgan fingerprint density at radius 3 is 2.89 bits per heavy atom. The van der Waals surface area contributed by atoms with E-state index in [1.165, 1.54) is 0 Å². The number of halogens is 1. The van der Waals surface area contributed by atoms with Crippen molar-refractivity contribution >= 4 is 35.0 Å². The molecule has 1 saturated carbocycles. The van der Waals surface area contributed by atoms with Gasteiger partial charge in [0.25, 0.3) is 5.91 Å². The van der Waals surface area contributed by atoms with Crippen LogP contribution < -0.4 is 20.1 Å². The molecule has 12 heteroatoms. The number of aromatic amines is 1. The third kappa shape index (κ3) is 6.03. The number of anilines is 2. The molecule has 2 aliphatic heterocycles. The van der Waals surface area contributed by atoms with E-state index < -0.39 is 5.60 Å². The molecule has 3 aromatic rings. The Morgan fingerprint density at radius 1 is 1.25 bits per heavy atom. The minimum absolute atomic E-state index is 0.0968. The SMILES string of the molecule is COc1c(Cl)cccc1Nc1c(-c2ccncc2OC[C@@H]2CN(C(=O)OC(C)(C)C)CCO2)[nH]c2c1C(=O)N[C@@H]1CCC[C@H]21. The fraction of sp³-hybridized carbons (Fsp3) is 0.469. The van der Waals surface area contributed by atoms with E-state index in [0.29, 0.717) is 58.9 Å². The molecule has 0 bridgehead atoms. The van der Waals surface area contributed by atoms with Gasteiger partial charge in [0, 0.05) is 36.0 Å². The molecule has 11 nitrogen and oxygen atoms in total. The predicted octanol–water partition coefficient (Wildman–Crippen LogP) is 5.88. The van der Waals surface area contributed by atoms with Crippen molar-refractivity contribution in [2.75, 3.05) is 38.7 Å². The van der Waals surface area contributed by atoms with Crippen LogP contribution in [0.15, 0.2) is 36.7 Å². The molecule has 0 unspecified atom stereocenters. The van der Waals surface area contributed by atoms with Gasteiger partial charge in [-0.2, -0.15) is 0 Å². The maximum atomic E-state index is 13.6. The maximum absolute atomic E-state index is 13.6. The minimum atomic E-state index is -0.586. The van der Waals surface area contributed by atoms with Gasteiger partial charge in [-0.1, -0.05) is 24.1 Å². The molecule has 1 aliphatic carbocycles. The van der Waals surface area contributed by atoms with Crippen LogP contribution in [0.1, 0.15) is 62.0 Å². The molecule has 2 aromatic heterocycles. The van der Waals surface area contributed by atoms with Crippen molar-refractivity contribution < 1.29 is 28.5 Å². The van der Waals surface area contributed by atoms with Crippen LogP contribution in [0.2, 0.25) is 5.02 Å². The van der Waals surface area contributed by atoms with Gasteiger partial charge >= 0.3 is 6.09 Å². The first kappa shape index (κ1) is 30.1. The van der Waals surface area contributed by atoms with Crippen molar-refractivity contribution in [1.82, 2.24) is 20.2 Å². The summed E-state index contributed by atoms with van der Waals surface area (Å²) in [6.07, 6.45) is 5.56. The number of nitrogens with one attached hydrogen (secondary N) is 3. The number of hydrogen-bond donors (Lipinski definition) is 3. The first-order valence-corrected chi connectivity index (χ1v) is 15.3. The standard InChI is InChI=1S/C32H38ClN5O6/c1-32(2,3)44-31(40)38-13-14-42-18(16-38)17-43-24-15-34-12-11-20(24)27-28(35-23-10-6-8-21(33)29(23)41-4)25-26(37-27)19-7-5-9-22(19)36-30(25)39/h6,8,10-12,15,18-19,22,35,37H,5,7,9,13-14,16-17H2,1-4H3,(H,36,39)/t18-,19-,22+/m0/s1. The number of benzene rings is 1. The summed E-state index contributed by atoms with van der Waals surface area (Å²) in [6, 6.07) is 7.38. The number of nitrogens with zero attached hydrogens (tertiary/aromatic N) is 2. The van der Waals surface area contributed by atoms with Gasteiger partial charge in [-0.25, -0.2) is 4.79 Å². The van der Waals surface area contributed by atoms with E-state index in [-0.39, 0.29) is 36.7 Å². The summed E-state index contributed by atoms with van der Waals surface area (Å²) in [5.74, 6) is 1.02. The number of hydrogen-bond acceptors (Lipinski definition) is 8. The van der Waals surface area contributed by atoms with Gasteiger partial charge in [-0.05, 0) is 51.8 Å². The summed E-state index contributed by atoms with van der Waals surface area (Å²) in [5.41, 5.74) is 3.52. The number of para-hydroxylation sites is 1. The second kappa shape index (κ2) is 12.2. The third-order valence-electron chi connectivity index (χ3n) is 8.16.